The topological polar surface area (TPSA) is 79.8 Å². The zero-order valence-electron chi connectivity index (χ0n) is 21.8. The van der Waals surface area contributed by atoms with Crippen molar-refractivity contribution < 1.29 is 23.7 Å². The molecule has 1 aliphatic rings. The monoisotopic (exact) mass is 532 g/mol. The van der Waals surface area contributed by atoms with E-state index in [0.717, 1.165) is 47.5 Å². The lowest BCUT2D eigenvalue weighted by Crippen LogP contribution is -2.29. The minimum Gasteiger partial charge on any atom is -0.382 e. The fraction of sp³-hybridized carbons (Fsp3) is 0.367. The van der Waals surface area contributed by atoms with Crippen LogP contribution in [0, 0.1) is 0 Å². The summed E-state index contributed by atoms with van der Waals surface area (Å²) in [6, 6.07) is 19.1. The van der Waals surface area contributed by atoms with Gasteiger partial charge in [0.05, 0.1) is 38.2 Å². The maximum atomic E-state index is 11.6. The highest BCUT2D eigenvalue weighted by atomic mass is 32.1. The zero-order chi connectivity index (χ0) is 26.4. The van der Waals surface area contributed by atoms with Crippen molar-refractivity contribution in [3.63, 3.8) is 0 Å². The Hall–Kier alpha value is -3.01. The van der Waals surface area contributed by atoms with Crippen LogP contribution in [0.4, 0.5) is 0 Å². The number of carbonyl (C=O) groups is 1. The molecule has 0 fully saturated rings. The summed E-state index contributed by atoms with van der Waals surface area (Å²) in [5, 5.41) is 0. The van der Waals surface area contributed by atoms with Gasteiger partial charge >= 0.3 is 0 Å². The number of carbonyl (C=O) groups excluding carboxylic acids is 1. The van der Waals surface area contributed by atoms with Gasteiger partial charge in [0.15, 0.2) is 6.29 Å². The van der Waals surface area contributed by atoms with Gasteiger partial charge in [0.2, 0.25) is 0 Å². The van der Waals surface area contributed by atoms with Crippen molar-refractivity contribution in [3.05, 3.63) is 71.3 Å². The molecule has 0 radical (unpaired) electrons. The van der Waals surface area contributed by atoms with Crippen molar-refractivity contribution in [2.24, 2.45) is 0 Å². The number of hydrogen-bond acceptors (Lipinski definition) is 8. The maximum Gasteiger partial charge on any atom is 0.152 e. The first-order valence-corrected chi connectivity index (χ1v) is 13.5. The lowest BCUT2D eigenvalue weighted by atomic mass is 9.72. The number of methoxy groups -OCH3 is 2. The Balaban J connectivity index is 1.58. The molecule has 0 atom stereocenters. The summed E-state index contributed by atoms with van der Waals surface area (Å²) in [5.74, 6) is 0. The molecule has 0 aliphatic heterocycles. The summed E-state index contributed by atoms with van der Waals surface area (Å²) in [7, 11) is 3.37. The Morgan fingerprint density at radius 2 is 1.39 bits per heavy atom. The summed E-state index contributed by atoms with van der Waals surface area (Å²) in [6.45, 7) is 3.46. The van der Waals surface area contributed by atoms with E-state index >= 15 is 0 Å². The van der Waals surface area contributed by atoms with Gasteiger partial charge in [-0.05, 0) is 52.8 Å². The van der Waals surface area contributed by atoms with Crippen LogP contribution < -0.4 is 0 Å². The van der Waals surface area contributed by atoms with Crippen LogP contribution in [0.15, 0.2) is 54.6 Å². The lowest BCUT2D eigenvalue weighted by Gasteiger charge is -2.32. The van der Waals surface area contributed by atoms with E-state index in [9.17, 15) is 4.79 Å². The second-order valence-corrected chi connectivity index (χ2v) is 9.91. The number of benzene rings is 3. The number of aromatic nitrogens is 2. The SMILES string of the molecule is COCCOCCC1(CCOCCOC)c2ccccc2-c2ccc(-c3ccc(C=O)c4nsnc34)cc21. The van der Waals surface area contributed by atoms with Crippen molar-refractivity contribution >= 4 is 29.0 Å². The number of nitrogens with zero attached hydrogens (tertiary/aromatic N) is 2. The summed E-state index contributed by atoms with van der Waals surface area (Å²) >= 11 is 1.13. The van der Waals surface area contributed by atoms with E-state index in [0.29, 0.717) is 50.7 Å². The van der Waals surface area contributed by atoms with E-state index in [1.54, 1.807) is 14.2 Å². The Kier molecular flexibility index (Phi) is 8.56. The van der Waals surface area contributed by atoms with Gasteiger partial charge in [-0.3, -0.25) is 4.79 Å². The highest BCUT2D eigenvalue weighted by Crippen LogP contribution is 2.53. The molecular weight excluding hydrogens is 500 g/mol. The second kappa shape index (κ2) is 12.2. The van der Waals surface area contributed by atoms with E-state index in [1.807, 2.05) is 12.1 Å². The van der Waals surface area contributed by atoms with Crippen LogP contribution in [0.1, 0.15) is 34.3 Å². The Bertz CT molecular complexity index is 1390. The minimum absolute atomic E-state index is 0.274. The van der Waals surface area contributed by atoms with Crippen LogP contribution in [0.3, 0.4) is 0 Å². The Labute approximate surface area is 227 Å². The summed E-state index contributed by atoms with van der Waals surface area (Å²) < 4.78 is 31.2. The quantitative estimate of drug-likeness (QED) is 0.156. The van der Waals surface area contributed by atoms with Crippen LogP contribution in [0.25, 0.3) is 33.3 Å². The molecule has 38 heavy (non-hydrogen) atoms. The van der Waals surface area contributed by atoms with Gasteiger partial charge < -0.3 is 18.9 Å². The average Bonchev–Trinajstić information content (AvgIpc) is 3.55. The number of fused-ring (bicyclic) bond motifs is 4. The molecule has 0 unspecified atom stereocenters. The average molecular weight is 533 g/mol. The predicted octanol–water partition coefficient (Wildman–Crippen LogP) is 5.54. The standard InChI is InChI=1S/C30H32N2O5S/c1-34-15-17-36-13-11-30(12-14-37-18-16-35-2)26-6-4-3-5-24(26)25-10-7-21(19-27(25)30)23-9-8-22(20-33)28-29(23)32-38-31-28/h3-10,19-20H,11-18H2,1-2H3. The number of ether oxygens (including phenoxy) is 4. The molecule has 0 spiro atoms. The highest BCUT2D eigenvalue weighted by molar-refractivity contribution is 7.00. The molecule has 8 heteroatoms. The molecule has 198 valence electrons. The fourth-order valence-corrected chi connectivity index (χ4v) is 6.06. The van der Waals surface area contributed by atoms with E-state index in [-0.39, 0.29) is 5.41 Å². The van der Waals surface area contributed by atoms with Crippen LogP contribution >= 0.6 is 11.7 Å². The molecule has 0 N–H and O–H groups in total. The molecule has 0 amide bonds. The normalized spacial score (nSPS) is 13.5. The third kappa shape index (κ3) is 5.02. The van der Waals surface area contributed by atoms with E-state index in [1.165, 1.54) is 22.3 Å². The molecule has 7 nitrogen and oxygen atoms in total. The van der Waals surface area contributed by atoms with Crippen LogP contribution in [0.2, 0.25) is 0 Å². The van der Waals surface area contributed by atoms with Gasteiger partial charge in [-0.2, -0.15) is 8.75 Å². The molecule has 1 aromatic heterocycles. The third-order valence-electron chi connectivity index (χ3n) is 7.36. The summed E-state index contributed by atoms with van der Waals surface area (Å²) in [6.07, 6.45) is 2.47. The van der Waals surface area contributed by atoms with E-state index in [4.69, 9.17) is 18.9 Å². The van der Waals surface area contributed by atoms with Crippen molar-refractivity contribution in [3.8, 4) is 22.3 Å². The molecule has 0 bridgehead atoms. The third-order valence-corrected chi connectivity index (χ3v) is 7.89. The molecule has 1 heterocycles. The zero-order valence-corrected chi connectivity index (χ0v) is 22.6. The molecule has 1 aliphatic carbocycles. The minimum atomic E-state index is -0.274. The van der Waals surface area contributed by atoms with Crippen molar-refractivity contribution in [1.29, 1.82) is 0 Å². The van der Waals surface area contributed by atoms with Gasteiger partial charge in [0.1, 0.15) is 11.0 Å². The molecular formula is C30H32N2O5S. The largest absolute Gasteiger partial charge is 0.382 e. The van der Waals surface area contributed by atoms with Crippen molar-refractivity contribution in [2.45, 2.75) is 18.3 Å². The number of hydrogen-bond donors (Lipinski definition) is 0. The van der Waals surface area contributed by atoms with E-state index in [2.05, 4.69) is 51.2 Å². The molecule has 5 rings (SSSR count). The molecule has 3 aromatic carbocycles. The first-order chi connectivity index (χ1) is 18.7. The Morgan fingerprint density at radius 1 is 0.737 bits per heavy atom. The van der Waals surface area contributed by atoms with Crippen LogP contribution in [0.5, 0.6) is 0 Å². The smallest absolute Gasteiger partial charge is 0.152 e. The first-order valence-electron chi connectivity index (χ1n) is 12.8. The highest BCUT2D eigenvalue weighted by Gasteiger charge is 2.42. The predicted molar refractivity (Wildman–Crippen MR) is 149 cm³/mol. The number of rotatable bonds is 14. The summed E-state index contributed by atoms with van der Waals surface area (Å²) in [5.41, 5.74) is 8.76. The van der Waals surface area contributed by atoms with Gasteiger partial charge in [0.25, 0.3) is 0 Å². The van der Waals surface area contributed by atoms with Crippen molar-refractivity contribution in [2.75, 3.05) is 53.9 Å². The Morgan fingerprint density at radius 3 is 2.11 bits per heavy atom. The van der Waals surface area contributed by atoms with E-state index < -0.39 is 0 Å². The second-order valence-electron chi connectivity index (χ2n) is 9.38. The van der Waals surface area contributed by atoms with Gasteiger partial charge in [-0.25, -0.2) is 0 Å². The summed E-state index contributed by atoms with van der Waals surface area (Å²) in [4.78, 5) is 11.6. The lowest BCUT2D eigenvalue weighted by molar-refractivity contribution is 0.0491. The first kappa shape index (κ1) is 26.6. The van der Waals surface area contributed by atoms with Gasteiger partial charge in [0, 0.05) is 44.0 Å². The van der Waals surface area contributed by atoms with Gasteiger partial charge in [-0.1, -0.05) is 42.5 Å². The van der Waals surface area contributed by atoms with Crippen molar-refractivity contribution in [1.82, 2.24) is 8.75 Å². The number of aldehydes is 1. The molecule has 0 saturated carbocycles. The van der Waals surface area contributed by atoms with Crippen LogP contribution in [-0.2, 0) is 24.4 Å². The molecule has 4 aromatic rings. The van der Waals surface area contributed by atoms with Gasteiger partial charge in [-0.15, -0.1) is 0 Å². The fourth-order valence-electron chi connectivity index (χ4n) is 5.48. The maximum absolute atomic E-state index is 11.6. The van der Waals surface area contributed by atoms with Crippen LogP contribution in [-0.4, -0.2) is 68.9 Å². The molecule has 0 saturated heterocycles.